The van der Waals surface area contributed by atoms with Gasteiger partial charge in [0.1, 0.15) is 11.5 Å². The fourth-order valence-corrected chi connectivity index (χ4v) is 2.78. The molecule has 1 aliphatic heterocycles. The van der Waals surface area contributed by atoms with Gasteiger partial charge in [0.25, 0.3) is 11.5 Å². The Kier molecular flexibility index (Phi) is 4.26. The average molecular weight is 363 g/mol. The predicted octanol–water partition coefficient (Wildman–Crippen LogP) is 3.19. The van der Waals surface area contributed by atoms with Crippen molar-refractivity contribution in [1.82, 2.24) is 9.97 Å². The van der Waals surface area contributed by atoms with Gasteiger partial charge >= 0.3 is 0 Å². The van der Waals surface area contributed by atoms with E-state index in [1.54, 1.807) is 38.1 Å². The van der Waals surface area contributed by atoms with Gasteiger partial charge in [0.15, 0.2) is 0 Å². The number of benzene rings is 1. The van der Waals surface area contributed by atoms with Crippen LogP contribution in [0.25, 0.3) is 6.08 Å². The number of hydrogen-bond donors (Lipinski definition) is 1. The molecule has 0 aliphatic carbocycles. The van der Waals surface area contributed by atoms with Crippen molar-refractivity contribution in [3.63, 3.8) is 0 Å². The number of hydrogen-bond acceptors (Lipinski definition) is 4. The van der Waals surface area contributed by atoms with Crippen LogP contribution in [0.15, 0.2) is 39.7 Å². The molecule has 6 nitrogen and oxygen atoms in total. The molecule has 0 saturated carbocycles. The van der Waals surface area contributed by atoms with E-state index < -0.39 is 5.91 Å². The van der Waals surface area contributed by atoms with Gasteiger partial charge in [-0.2, -0.15) is 0 Å². The van der Waals surface area contributed by atoms with Gasteiger partial charge in [0.2, 0.25) is 5.95 Å². The van der Waals surface area contributed by atoms with Crippen LogP contribution in [-0.4, -0.2) is 21.7 Å². The Balaban J connectivity index is 2.01. The van der Waals surface area contributed by atoms with Crippen LogP contribution in [-0.2, 0) is 4.79 Å². The number of H-pyrrole nitrogens is 1. The molecule has 0 unspecified atom stereocenters. The van der Waals surface area contributed by atoms with Crippen molar-refractivity contribution in [2.24, 2.45) is 4.99 Å². The quantitative estimate of drug-likeness (QED) is 0.833. The van der Waals surface area contributed by atoms with Gasteiger partial charge in [0.05, 0.1) is 0 Å². The highest BCUT2D eigenvalue weighted by molar-refractivity contribution is 6.36. The Bertz CT molecular complexity index is 963. The van der Waals surface area contributed by atoms with Gasteiger partial charge < -0.3 is 0 Å². The van der Waals surface area contributed by atoms with E-state index in [0.717, 1.165) is 0 Å². The number of rotatable bonds is 2. The first-order valence-electron chi connectivity index (χ1n) is 6.99. The number of carbonyl (C=O) groups is 1. The third kappa shape index (κ3) is 3.11. The molecule has 0 bridgehead atoms. The Morgan fingerprint density at radius 1 is 1.17 bits per heavy atom. The maximum absolute atomic E-state index is 12.6. The minimum atomic E-state index is -0.396. The van der Waals surface area contributed by atoms with Gasteiger partial charge in [-0.1, -0.05) is 29.3 Å². The third-order valence-electron chi connectivity index (χ3n) is 3.35. The minimum absolute atomic E-state index is 0.136. The monoisotopic (exact) mass is 362 g/mol. The normalized spacial score (nSPS) is 16.0. The highest BCUT2D eigenvalue weighted by atomic mass is 35.5. The molecule has 122 valence electrons. The molecule has 1 aliphatic rings. The number of aromatic amines is 1. The Morgan fingerprint density at radius 2 is 1.92 bits per heavy atom. The molecule has 0 saturated heterocycles. The van der Waals surface area contributed by atoms with Gasteiger partial charge in [-0.25, -0.2) is 14.9 Å². The maximum Gasteiger partial charge on any atom is 0.284 e. The van der Waals surface area contributed by atoms with Crippen molar-refractivity contribution in [2.45, 2.75) is 13.8 Å². The summed E-state index contributed by atoms with van der Waals surface area (Å²) in [6.45, 7) is 3.33. The lowest BCUT2D eigenvalue weighted by atomic mass is 10.2. The number of anilines is 1. The third-order valence-corrected chi connectivity index (χ3v) is 3.91. The van der Waals surface area contributed by atoms with E-state index in [1.807, 2.05) is 0 Å². The molecule has 3 rings (SSSR count). The second kappa shape index (κ2) is 6.22. The van der Waals surface area contributed by atoms with E-state index in [0.29, 0.717) is 27.1 Å². The van der Waals surface area contributed by atoms with Crippen molar-refractivity contribution in [3.8, 4) is 0 Å². The SMILES string of the molecule is CC1=N/C(=C/c2ccc(Cl)cc2Cl)C(=O)N1c1nc(C)cc(=O)[nH]1. The van der Waals surface area contributed by atoms with Gasteiger partial charge in [-0.05, 0) is 37.6 Å². The van der Waals surface area contributed by atoms with Crippen LogP contribution < -0.4 is 10.5 Å². The molecule has 2 heterocycles. The molecule has 24 heavy (non-hydrogen) atoms. The zero-order valence-corrected chi connectivity index (χ0v) is 14.3. The van der Waals surface area contributed by atoms with E-state index >= 15 is 0 Å². The number of aryl methyl sites for hydroxylation is 1. The first kappa shape index (κ1) is 16.4. The number of nitrogens with one attached hydrogen (secondary N) is 1. The smallest absolute Gasteiger partial charge is 0.284 e. The zero-order valence-electron chi connectivity index (χ0n) is 12.8. The van der Waals surface area contributed by atoms with E-state index in [4.69, 9.17) is 23.2 Å². The molecule has 1 aromatic carbocycles. The summed E-state index contributed by atoms with van der Waals surface area (Å²) < 4.78 is 0. The number of carbonyl (C=O) groups excluding carboxylic acids is 1. The largest absolute Gasteiger partial charge is 0.292 e. The van der Waals surface area contributed by atoms with Crippen molar-refractivity contribution in [2.75, 3.05) is 4.90 Å². The second-order valence-corrected chi connectivity index (χ2v) is 6.05. The van der Waals surface area contributed by atoms with E-state index in [1.165, 1.54) is 11.0 Å². The van der Waals surface area contributed by atoms with Crippen LogP contribution >= 0.6 is 23.2 Å². The van der Waals surface area contributed by atoms with Gasteiger partial charge in [-0.15, -0.1) is 0 Å². The predicted molar refractivity (Wildman–Crippen MR) is 94.6 cm³/mol. The number of halogens is 2. The molecule has 2 aromatic rings. The molecule has 0 spiro atoms. The number of amides is 1. The van der Waals surface area contributed by atoms with Crippen LogP contribution in [0.2, 0.25) is 10.0 Å². The Hall–Kier alpha value is -2.44. The summed E-state index contributed by atoms with van der Waals surface area (Å²) in [5, 5.41) is 0.916. The number of nitrogens with zero attached hydrogens (tertiary/aromatic N) is 3. The Labute approximate surface area is 147 Å². The van der Waals surface area contributed by atoms with Gasteiger partial charge in [-0.3, -0.25) is 14.6 Å². The summed E-state index contributed by atoms with van der Waals surface area (Å²) in [6, 6.07) is 6.31. The summed E-state index contributed by atoms with van der Waals surface area (Å²) in [7, 11) is 0. The molecular formula is C16H12Cl2N4O2. The topological polar surface area (TPSA) is 78.4 Å². The molecule has 8 heteroatoms. The van der Waals surface area contributed by atoms with Crippen LogP contribution in [0.5, 0.6) is 0 Å². The summed E-state index contributed by atoms with van der Waals surface area (Å²) in [6.07, 6.45) is 1.57. The number of aromatic nitrogens is 2. The summed E-state index contributed by atoms with van der Waals surface area (Å²) in [4.78, 5) is 36.5. The van der Waals surface area contributed by atoms with Crippen LogP contribution in [0.4, 0.5) is 5.95 Å². The van der Waals surface area contributed by atoms with Crippen LogP contribution in [0.1, 0.15) is 18.2 Å². The lowest BCUT2D eigenvalue weighted by Gasteiger charge is -2.14. The average Bonchev–Trinajstić information content (AvgIpc) is 2.75. The lowest BCUT2D eigenvalue weighted by Crippen LogP contribution is -2.33. The molecular weight excluding hydrogens is 351 g/mol. The molecule has 1 aromatic heterocycles. The second-order valence-electron chi connectivity index (χ2n) is 5.21. The Morgan fingerprint density at radius 3 is 2.58 bits per heavy atom. The van der Waals surface area contributed by atoms with Crippen molar-refractivity contribution < 1.29 is 4.79 Å². The lowest BCUT2D eigenvalue weighted by molar-refractivity contribution is -0.113. The molecule has 0 radical (unpaired) electrons. The zero-order chi connectivity index (χ0) is 17.4. The highest BCUT2D eigenvalue weighted by Gasteiger charge is 2.30. The molecule has 0 fully saturated rings. The fraction of sp³-hybridized carbons (Fsp3) is 0.125. The van der Waals surface area contributed by atoms with Crippen LogP contribution in [0, 0.1) is 6.92 Å². The fourth-order valence-electron chi connectivity index (χ4n) is 2.31. The van der Waals surface area contributed by atoms with E-state index in [9.17, 15) is 9.59 Å². The van der Waals surface area contributed by atoms with Crippen molar-refractivity contribution in [1.29, 1.82) is 0 Å². The highest BCUT2D eigenvalue weighted by Crippen LogP contribution is 2.26. The summed E-state index contributed by atoms with van der Waals surface area (Å²) in [5.74, 6) is 0.147. The summed E-state index contributed by atoms with van der Waals surface area (Å²) >= 11 is 12.0. The number of aliphatic imine (C=N–C) groups is 1. The first-order valence-corrected chi connectivity index (χ1v) is 7.75. The van der Waals surface area contributed by atoms with E-state index in [-0.39, 0.29) is 17.2 Å². The summed E-state index contributed by atoms with van der Waals surface area (Å²) in [5.41, 5.74) is 0.984. The molecule has 1 amide bonds. The van der Waals surface area contributed by atoms with Gasteiger partial charge in [0, 0.05) is 21.8 Å². The molecule has 1 N–H and O–H groups in total. The van der Waals surface area contributed by atoms with Crippen molar-refractivity contribution in [3.05, 3.63) is 61.6 Å². The minimum Gasteiger partial charge on any atom is -0.292 e. The van der Waals surface area contributed by atoms with E-state index in [2.05, 4.69) is 15.0 Å². The number of amidine groups is 1. The van der Waals surface area contributed by atoms with Crippen LogP contribution in [0.3, 0.4) is 0 Å². The first-order chi connectivity index (χ1) is 11.3. The standard InChI is InChI=1S/C16H12Cl2N4O2/c1-8-5-14(23)21-16(19-8)22-9(2)20-13(15(22)24)6-10-3-4-11(17)7-12(10)18/h3-7H,1-2H3,(H,19,21,23)/b13-6+. The maximum atomic E-state index is 12.6. The molecule has 0 atom stereocenters. The van der Waals surface area contributed by atoms with Crippen molar-refractivity contribution >= 4 is 47.0 Å².